The first-order valence-corrected chi connectivity index (χ1v) is 7.36. The van der Waals surface area contributed by atoms with E-state index >= 15 is 0 Å². The number of aryl methyl sites for hydroxylation is 1. The Labute approximate surface area is 102 Å². The van der Waals surface area contributed by atoms with Gasteiger partial charge in [0.05, 0.1) is 11.5 Å². The molecule has 17 heavy (non-hydrogen) atoms. The first-order chi connectivity index (χ1) is 7.96. The molecule has 3 nitrogen and oxygen atoms in total. The second kappa shape index (κ2) is 6.00. The molecule has 96 valence electrons. The van der Waals surface area contributed by atoms with E-state index in [4.69, 9.17) is 4.74 Å². The quantitative estimate of drug-likeness (QED) is 0.788. The third kappa shape index (κ3) is 4.34. The van der Waals surface area contributed by atoms with E-state index in [9.17, 15) is 12.8 Å². The first-order valence-electron chi connectivity index (χ1n) is 5.54. The van der Waals surface area contributed by atoms with Crippen LogP contribution >= 0.6 is 0 Å². The van der Waals surface area contributed by atoms with Gasteiger partial charge in [-0.05, 0) is 25.0 Å². The molecular weight excluding hydrogens is 243 g/mol. The second-order valence-electron chi connectivity index (χ2n) is 3.89. The topological polar surface area (TPSA) is 43.4 Å². The summed E-state index contributed by atoms with van der Waals surface area (Å²) in [5, 5.41) is 0. The van der Waals surface area contributed by atoms with Crippen LogP contribution in [-0.4, -0.2) is 26.5 Å². The van der Waals surface area contributed by atoms with Gasteiger partial charge in [-0.2, -0.15) is 0 Å². The van der Waals surface area contributed by atoms with Crippen LogP contribution in [0.4, 0.5) is 4.39 Å². The highest BCUT2D eigenvalue weighted by Gasteiger charge is 2.11. The summed E-state index contributed by atoms with van der Waals surface area (Å²) in [7, 11) is -3.07. The first kappa shape index (κ1) is 14.0. The summed E-state index contributed by atoms with van der Waals surface area (Å²) in [6, 6.07) is 4.80. The Hall–Kier alpha value is -1.10. The van der Waals surface area contributed by atoms with Gasteiger partial charge >= 0.3 is 0 Å². The number of halogens is 1. The van der Waals surface area contributed by atoms with Crippen LogP contribution in [0.2, 0.25) is 0 Å². The maximum absolute atomic E-state index is 13.5. The fraction of sp³-hybridized carbons (Fsp3) is 0.500. The number of benzene rings is 1. The van der Waals surface area contributed by atoms with Crippen LogP contribution < -0.4 is 4.74 Å². The van der Waals surface area contributed by atoms with E-state index < -0.39 is 15.7 Å². The van der Waals surface area contributed by atoms with Gasteiger partial charge < -0.3 is 4.74 Å². The Morgan fingerprint density at radius 3 is 2.65 bits per heavy atom. The van der Waals surface area contributed by atoms with Crippen LogP contribution in [0, 0.1) is 12.7 Å². The Bertz CT molecular complexity index is 469. The van der Waals surface area contributed by atoms with Crippen molar-refractivity contribution in [3.63, 3.8) is 0 Å². The summed E-state index contributed by atoms with van der Waals surface area (Å²) < 4.78 is 41.4. The maximum atomic E-state index is 13.5. The predicted octanol–water partition coefficient (Wildman–Crippen LogP) is 2.34. The normalized spacial score (nSPS) is 11.5. The van der Waals surface area contributed by atoms with Crippen molar-refractivity contribution in [1.82, 2.24) is 0 Å². The maximum Gasteiger partial charge on any atom is 0.167 e. The third-order valence-corrected chi connectivity index (χ3v) is 4.14. The van der Waals surface area contributed by atoms with Gasteiger partial charge in [0.25, 0.3) is 0 Å². The number of rotatable bonds is 6. The van der Waals surface area contributed by atoms with Gasteiger partial charge in [-0.25, -0.2) is 12.8 Å². The minimum atomic E-state index is -3.07. The average molecular weight is 260 g/mol. The molecule has 0 aromatic heterocycles. The molecule has 0 heterocycles. The fourth-order valence-electron chi connectivity index (χ4n) is 1.42. The van der Waals surface area contributed by atoms with E-state index in [0.717, 1.165) is 0 Å². The molecule has 0 fully saturated rings. The molecule has 5 heteroatoms. The summed E-state index contributed by atoms with van der Waals surface area (Å²) >= 11 is 0. The van der Waals surface area contributed by atoms with Gasteiger partial charge in [0.2, 0.25) is 0 Å². The third-order valence-electron chi connectivity index (χ3n) is 2.32. The van der Waals surface area contributed by atoms with E-state index in [1.807, 2.05) is 0 Å². The van der Waals surface area contributed by atoms with Gasteiger partial charge in [-0.3, -0.25) is 0 Å². The molecule has 0 unspecified atom stereocenters. The van der Waals surface area contributed by atoms with Gasteiger partial charge in [-0.1, -0.05) is 19.1 Å². The van der Waals surface area contributed by atoms with Crippen LogP contribution in [0.5, 0.6) is 5.75 Å². The Morgan fingerprint density at radius 1 is 1.29 bits per heavy atom. The highest BCUT2D eigenvalue weighted by molar-refractivity contribution is 7.91. The standard InChI is InChI=1S/C12H17FO3S/c1-3-8-17(14,15)9-7-16-11-6-4-5-10(2)12(11)13/h4-6H,3,7-9H2,1-2H3. The molecule has 0 amide bonds. The number of hydrogen-bond acceptors (Lipinski definition) is 3. The van der Waals surface area contributed by atoms with E-state index in [0.29, 0.717) is 12.0 Å². The summed E-state index contributed by atoms with van der Waals surface area (Å²) in [4.78, 5) is 0. The van der Waals surface area contributed by atoms with E-state index in [1.54, 1.807) is 26.0 Å². The van der Waals surface area contributed by atoms with Crippen molar-refractivity contribution in [3.05, 3.63) is 29.6 Å². The van der Waals surface area contributed by atoms with Gasteiger partial charge in [-0.15, -0.1) is 0 Å². The van der Waals surface area contributed by atoms with Gasteiger partial charge in [0, 0.05) is 0 Å². The zero-order chi connectivity index (χ0) is 12.9. The monoisotopic (exact) mass is 260 g/mol. The summed E-state index contributed by atoms with van der Waals surface area (Å²) in [5.41, 5.74) is 0.485. The molecule has 0 atom stereocenters. The lowest BCUT2D eigenvalue weighted by Gasteiger charge is -2.08. The Morgan fingerprint density at radius 2 is 2.00 bits per heavy atom. The summed E-state index contributed by atoms with van der Waals surface area (Å²) in [6.45, 7) is 3.43. The average Bonchev–Trinajstić information content (AvgIpc) is 2.24. The molecule has 1 aromatic rings. The van der Waals surface area contributed by atoms with Crippen molar-refractivity contribution in [2.75, 3.05) is 18.1 Å². The number of hydrogen-bond donors (Lipinski definition) is 0. The molecule has 0 aliphatic carbocycles. The highest BCUT2D eigenvalue weighted by atomic mass is 32.2. The van der Waals surface area contributed by atoms with Crippen molar-refractivity contribution < 1.29 is 17.5 Å². The molecule has 0 spiro atoms. The molecule has 0 saturated heterocycles. The van der Waals surface area contributed by atoms with Crippen LogP contribution in [0.3, 0.4) is 0 Å². The smallest absolute Gasteiger partial charge is 0.167 e. The largest absolute Gasteiger partial charge is 0.489 e. The van der Waals surface area contributed by atoms with Gasteiger partial charge in [0.15, 0.2) is 21.4 Å². The molecule has 1 aromatic carbocycles. The SMILES string of the molecule is CCCS(=O)(=O)CCOc1cccc(C)c1F. The van der Waals surface area contributed by atoms with Crippen LogP contribution in [0.1, 0.15) is 18.9 Å². The molecule has 0 saturated carbocycles. The number of sulfone groups is 1. The summed E-state index contributed by atoms with van der Waals surface area (Å²) in [5.74, 6) is -0.252. The zero-order valence-corrected chi connectivity index (χ0v) is 10.9. The Balaban J connectivity index is 2.55. The van der Waals surface area contributed by atoms with Crippen molar-refractivity contribution >= 4 is 9.84 Å². The molecule has 0 radical (unpaired) electrons. The van der Waals surface area contributed by atoms with Crippen molar-refractivity contribution in [3.8, 4) is 5.75 Å². The van der Waals surface area contributed by atoms with Crippen LogP contribution in [0.15, 0.2) is 18.2 Å². The van der Waals surface area contributed by atoms with E-state index in [2.05, 4.69) is 0 Å². The Kier molecular flexibility index (Phi) is 4.93. The van der Waals surface area contributed by atoms with E-state index in [-0.39, 0.29) is 23.9 Å². The molecule has 1 rings (SSSR count). The van der Waals surface area contributed by atoms with Crippen molar-refractivity contribution in [2.45, 2.75) is 20.3 Å². The van der Waals surface area contributed by atoms with Crippen molar-refractivity contribution in [2.24, 2.45) is 0 Å². The van der Waals surface area contributed by atoms with Crippen LogP contribution in [0.25, 0.3) is 0 Å². The molecule has 0 N–H and O–H groups in total. The lowest BCUT2D eigenvalue weighted by Crippen LogP contribution is -2.17. The predicted molar refractivity (Wildman–Crippen MR) is 65.6 cm³/mol. The number of ether oxygens (including phenoxy) is 1. The van der Waals surface area contributed by atoms with Crippen molar-refractivity contribution in [1.29, 1.82) is 0 Å². The lowest BCUT2D eigenvalue weighted by atomic mass is 10.2. The summed E-state index contributed by atoms with van der Waals surface area (Å²) in [6.07, 6.45) is 0.584. The molecule has 0 bridgehead atoms. The van der Waals surface area contributed by atoms with Crippen LogP contribution in [-0.2, 0) is 9.84 Å². The molecule has 0 aliphatic heterocycles. The lowest BCUT2D eigenvalue weighted by molar-refractivity contribution is 0.321. The minimum Gasteiger partial charge on any atom is -0.489 e. The van der Waals surface area contributed by atoms with Gasteiger partial charge in [0.1, 0.15) is 6.61 Å². The second-order valence-corrected chi connectivity index (χ2v) is 6.19. The molecular formula is C12H17FO3S. The molecule has 0 aliphatic rings. The zero-order valence-electron chi connectivity index (χ0n) is 10.1. The minimum absolute atomic E-state index is 0.0112. The fourth-order valence-corrected chi connectivity index (χ4v) is 2.59. The van der Waals surface area contributed by atoms with E-state index in [1.165, 1.54) is 6.07 Å². The highest BCUT2D eigenvalue weighted by Crippen LogP contribution is 2.19.